The molecule has 0 spiro atoms. The van der Waals surface area contributed by atoms with E-state index in [9.17, 15) is 4.79 Å². The molecule has 0 bridgehead atoms. The van der Waals surface area contributed by atoms with Crippen LogP contribution in [0.1, 0.15) is 65.0 Å². The SMILES string of the molecule is CCCc1nn(C)c2c(=O)[nH]c(N(CC(C)CCC)CC3CCCCO3)nc12. The monoisotopic (exact) mass is 389 g/mol. The first-order valence-corrected chi connectivity index (χ1v) is 10.9. The van der Waals surface area contributed by atoms with Crippen molar-refractivity contribution in [2.75, 3.05) is 24.6 Å². The summed E-state index contributed by atoms with van der Waals surface area (Å²) in [5, 5.41) is 4.54. The Kier molecular flexibility index (Phi) is 7.10. The third-order valence-corrected chi connectivity index (χ3v) is 5.55. The number of nitrogens with one attached hydrogen (secondary N) is 1. The highest BCUT2D eigenvalue weighted by Crippen LogP contribution is 2.21. The van der Waals surface area contributed by atoms with E-state index in [1.807, 2.05) is 7.05 Å². The predicted molar refractivity (Wildman–Crippen MR) is 113 cm³/mol. The Labute approximate surface area is 167 Å². The summed E-state index contributed by atoms with van der Waals surface area (Å²) in [6, 6.07) is 0. The minimum atomic E-state index is -0.116. The minimum Gasteiger partial charge on any atom is -0.376 e. The van der Waals surface area contributed by atoms with E-state index in [1.165, 1.54) is 6.42 Å². The molecule has 3 rings (SSSR count). The van der Waals surface area contributed by atoms with Crippen molar-refractivity contribution < 1.29 is 4.74 Å². The van der Waals surface area contributed by atoms with Gasteiger partial charge in [-0.25, -0.2) is 4.98 Å². The molecule has 2 aromatic heterocycles. The molecule has 2 atom stereocenters. The van der Waals surface area contributed by atoms with Crippen molar-refractivity contribution in [1.82, 2.24) is 19.7 Å². The molecular formula is C21H35N5O2. The maximum Gasteiger partial charge on any atom is 0.278 e. The predicted octanol–water partition coefficient (Wildman–Crippen LogP) is 3.42. The molecule has 0 aliphatic carbocycles. The molecule has 156 valence electrons. The van der Waals surface area contributed by atoms with E-state index in [0.29, 0.717) is 17.4 Å². The standard InChI is InChI=1S/C21H35N5O2/c1-5-9-15(3)13-26(14-16-11-7-8-12-28-16)21-22-18-17(10-6-2)24-25(4)19(18)20(27)23-21/h15-16H,5-14H2,1-4H3,(H,22,23,27). The lowest BCUT2D eigenvalue weighted by atomic mass is 10.0. The number of hydrogen-bond donors (Lipinski definition) is 1. The normalized spacial score (nSPS) is 18.5. The molecule has 0 aromatic carbocycles. The third-order valence-electron chi connectivity index (χ3n) is 5.55. The van der Waals surface area contributed by atoms with Gasteiger partial charge in [0.2, 0.25) is 5.95 Å². The van der Waals surface area contributed by atoms with Crippen LogP contribution in [0.2, 0.25) is 0 Å². The van der Waals surface area contributed by atoms with Crippen molar-refractivity contribution in [2.45, 2.75) is 71.8 Å². The molecular weight excluding hydrogens is 354 g/mol. The molecule has 28 heavy (non-hydrogen) atoms. The second-order valence-electron chi connectivity index (χ2n) is 8.19. The Bertz CT molecular complexity index is 822. The number of aromatic nitrogens is 4. The van der Waals surface area contributed by atoms with Crippen LogP contribution in [0.3, 0.4) is 0 Å². The zero-order valence-electron chi connectivity index (χ0n) is 17.8. The number of aryl methyl sites for hydroxylation is 2. The van der Waals surface area contributed by atoms with Gasteiger partial charge in [-0.1, -0.05) is 33.6 Å². The smallest absolute Gasteiger partial charge is 0.278 e. The summed E-state index contributed by atoms with van der Waals surface area (Å²) in [4.78, 5) is 23.0. The van der Waals surface area contributed by atoms with Gasteiger partial charge < -0.3 is 9.64 Å². The van der Waals surface area contributed by atoms with E-state index in [4.69, 9.17) is 9.72 Å². The van der Waals surface area contributed by atoms with Crippen molar-refractivity contribution in [3.63, 3.8) is 0 Å². The highest BCUT2D eigenvalue weighted by atomic mass is 16.5. The van der Waals surface area contributed by atoms with Gasteiger partial charge >= 0.3 is 0 Å². The van der Waals surface area contributed by atoms with E-state index in [1.54, 1.807) is 4.68 Å². The second kappa shape index (κ2) is 9.54. The van der Waals surface area contributed by atoms with Crippen molar-refractivity contribution in [3.8, 4) is 0 Å². The summed E-state index contributed by atoms with van der Waals surface area (Å²) >= 11 is 0. The van der Waals surface area contributed by atoms with Crippen molar-refractivity contribution in [2.24, 2.45) is 13.0 Å². The van der Waals surface area contributed by atoms with Gasteiger partial charge in [0, 0.05) is 26.7 Å². The fourth-order valence-corrected chi connectivity index (χ4v) is 4.19. The number of fused-ring (bicyclic) bond motifs is 1. The molecule has 1 aliphatic heterocycles. The molecule has 2 unspecified atom stereocenters. The van der Waals surface area contributed by atoms with Crippen LogP contribution in [0, 0.1) is 5.92 Å². The topological polar surface area (TPSA) is 76.0 Å². The molecule has 1 fully saturated rings. The molecule has 0 saturated carbocycles. The first-order chi connectivity index (χ1) is 13.5. The van der Waals surface area contributed by atoms with Gasteiger partial charge in [0.15, 0.2) is 5.52 Å². The Morgan fingerprint density at radius 2 is 2.14 bits per heavy atom. The maximum atomic E-state index is 12.8. The van der Waals surface area contributed by atoms with Crippen LogP contribution >= 0.6 is 0 Å². The average molecular weight is 390 g/mol. The Morgan fingerprint density at radius 3 is 2.82 bits per heavy atom. The first-order valence-electron chi connectivity index (χ1n) is 10.9. The Balaban J connectivity index is 1.96. The van der Waals surface area contributed by atoms with Crippen LogP contribution in [0.15, 0.2) is 4.79 Å². The highest BCUT2D eigenvalue weighted by molar-refractivity contribution is 5.77. The Morgan fingerprint density at radius 1 is 1.32 bits per heavy atom. The third kappa shape index (κ3) is 4.74. The number of ether oxygens (including phenoxy) is 1. The number of H-pyrrole nitrogens is 1. The highest BCUT2D eigenvalue weighted by Gasteiger charge is 2.23. The second-order valence-corrected chi connectivity index (χ2v) is 8.19. The maximum absolute atomic E-state index is 12.8. The number of anilines is 1. The molecule has 1 saturated heterocycles. The number of hydrogen-bond acceptors (Lipinski definition) is 5. The molecule has 7 heteroatoms. The lowest BCUT2D eigenvalue weighted by molar-refractivity contribution is 0.0205. The zero-order valence-corrected chi connectivity index (χ0v) is 17.8. The summed E-state index contributed by atoms with van der Waals surface area (Å²) in [5.41, 5.74) is 2.08. The molecule has 1 aliphatic rings. The lowest BCUT2D eigenvalue weighted by Crippen LogP contribution is -2.40. The molecule has 1 N–H and O–H groups in total. The lowest BCUT2D eigenvalue weighted by Gasteiger charge is -2.32. The minimum absolute atomic E-state index is 0.116. The molecule has 3 heterocycles. The van der Waals surface area contributed by atoms with Gasteiger partial charge in [0.25, 0.3) is 5.56 Å². The van der Waals surface area contributed by atoms with Crippen LogP contribution in [0.5, 0.6) is 0 Å². The van der Waals surface area contributed by atoms with Gasteiger partial charge in [-0.15, -0.1) is 0 Å². The van der Waals surface area contributed by atoms with Crippen molar-refractivity contribution >= 4 is 17.0 Å². The van der Waals surface area contributed by atoms with E-state index in [0.717, 1.165) is 69.4 Å². The fraction of sp³-hybridized carbons (Fsp3) is 0.762. The Hall–Kier alpha value is -1.89. The zero-order chi connectivity index (χ0) is 20.1. The van der Waals surface area contributed by atoms with Crippen molar-refractivity contribution in [1.29, 1.82) is 0 Å². The first kappa shape index (κ1) is 20.8. The van der Waals surface area contributed by atoms with Crippen LogP contribution < -0.4 is 10.5 Å². The van der Waals surface area contributed by atoms with Gasteiger partial charge in [-0.05, 0) is 38.0 Å². The summed E-state index contributed by atoms with van der Waals surface area (Å²) in [6.45, 7) is 9.06. The van der Waals surface area contributed by atoms with Gasteiger partial charge in [0.05, 0.1) is 11.8 Å². The van der Waals surface area contributed by atoms with Crippen molar-refractivity contribution in [3.05, 3.63) is 16.0 Å². The molecule has 7 nitrogen and oxygen atoms in total. The van der Waals surface area contributed by atoms with Crippen LogP contribution in [0.4, 0.5) is 5.95 Å². The van der Waals surface area contributed by atoms with Crippen LogP contribution in [-0.4, -0.2) is 45.5 Å². The summed E-state index contributed by atoms with van der Waals surface area (Å²) < 4.78 is 7.63. The molecule has 2 aromatic rings. The molecule has 0 radical (unpaired) electrons. The van der Waals surface area contributed by atoms with Gasteiger partial charge in [0.1, 0.15) is 5.52 Å². The number of aromatic amines is 1. The van der Waals surface area contributed by atoms with Gasteiger partial charge in [-0.3, -0.25) is 14.5 Å². The quantitative estimate of drug-likeness (QED) is 0.711. The molecule has 0 amide bonds. The summed E-state index contributed by atoms with van der Waals surface area (Å²) in [6.07, 6.45) is 7.72. The number of rotatable bonds is 9. The van der Waals surface area contributed by atoms with Crippen LogP contribution in [0.25, 0.3) is 11.0 Å². The average Bonchev–Trinajstić information content (AvgIpc) is 2.98. The summed E-state index contributed by atoms with van der Waals surface area (Å²) in [7, 11) is 1.81. The number of nitrogens with zero attached hydrogens (tertiary/aromatic N) is 4. The van der Waals surface area contributed by atoms with E-state index in [-0.39, 0.29) is 11.7 Å². The van der Waals surface area contributed by atoms with E-state index in [2.05, 4.69) is 35.8 Å². The van der Waals surface area contributed by atoms with Crippen LogP contribution in [-0.2, 0) is 18.2 Å². The van der Waals surface area contributed by atoms with E-state index >= 15 is 0 Å². The fourth-order valence-electron chi connectivity index (χ4n) is 4.19. The largest absolute Gasteiger partial charge is 0.376 e. The van der Waals surface area contributed by atoms with Gasteiger partial charge in [-0.2, -0.15) is 5.10 Å². The van der Waals surface area contributed by atoms with E-state index < -0.39 is 0 Å². The summed E-state index contributed by atoms with van der Waals surface area (Å²) in [5.74, 6) is 1.18.